The highest BCUT2D eigenvalue weighted by Gasteiger charge is 2.35. The van der Waals surface area contributed by atoms with Gasteiger partial charge in [0.05, 0.1) is 33.2 Å². The Hall–Kier alpha value is -6.59. The minimum Gasteiger partial charge on any atom is -0.455 e. The molecule has 1 unspecified atom stereocenters. The minimum atomic E-state index is -0.829. The highest BCUT2D eigenvalue weighted by molar-refractivity contribution is 6.27. The summed E-state index contributed by atoms with van der Waals surface area (Å²) < 4.78 is 11.4. The van der Waals surface area contributed by atoms with Gasteiger partial charge in [-0.25, -0.2) is 4.99 Å². The molecule has 1 aliphatic heterocycles. The number of fused-ring (bicyclic) bond motifs is 11. The van der Waals surface area contributed by atoms with E-state index in [0.29, 0.717) is 0 Å². The van der Waals surface area contributed by atoms with Gasteiger partial charge in [0.25, 0.3) is 0 Å². The third-order valence-corrected chi connectivity index (χ3v) is 10.4. The first-order chi connectivity index (χ1) is 24.7. The summed E-state index contributed by atoms with van der Waals surface area (Å²) in [5.74, 6) is -0.829. The molecule has 5 nitrogen and oxygen atoms in total. The number of nitrogens with zero attached hydrogens (tertiary/aromatic N) is 3. The summed E-state index contributed by atoms with van der Waals surface area (Å²) in [7, 11) is 0. The Morgan fingerprint density at radius 1 is 0.560 bits per heavy atom. The van der Waals surface area contributed by atoms with Crippen LogP contribution < -0.4 is 5.32 Å². The number of rotatable bonds is 3. The fourth-order valence-electron chi connectivity index (χ4n) is 8.35. The molecule has 50 heavy (non-hydrogen) atoms. The molecule has 0 amide bonds. The highest BCUT2D eigenvalue weighted by Crippen LogP contribution is 2.45. The molecule has 0 spiro atoms. The quantitative estimate of drug-likeness (QED) is 0.208. The van der Waals surface area contributed by atoms with Crippen molar-refractivity contribution >= 4 is 76.9 Å². The van der Waals surface area contributed by atoms with Gasteiger partial charge in [-0.3, -0.25) is 4.57 Å². The van der Waals surface area contributed by atoms with Gasteiger partial charge in [0.15, 0.2) is 0 Å². The van der Waals surface area contributed by atoms with Crippen molar-refractivity contribution in [3.63, 3.8) is 0 Å². The molecule has 0 fully saturated rings. The van der Waals surface area contributed by atoms with Crippen LogP contribution in [-0.2, 0) is 5.79 Å². The van der Waals surface area contributed by atoms with Gasteiger partial charge >= 0.3 is 0 Å². The van der Waals surface area contributed by atoms with Crippen LogP contribution in [0.25, 0.3) is 71.2 Å². The molecule has 10 aromatic rings. The van der Waals surface area contributed by atoms with Gasteiger partial charge < -0.3 is 14.3 Å². The maximum atomic E-state index is 6.68. The van der Waals surface area contributed by atoms with E-state index < -0.39 is 5.79 Å². The number of nitrogens with one attached hydrogen (secondary N) is 1. The van der Waals surface area contributed by atoms with E-state index >= 15 is 0 Å². The van der Waals surface area contributed by atoms with Crippen LogP contribution in [0.5, 0.6) is 0 Å². The first-order valence-electron chi connectivity index (χ1n) is 17.1. The highest BCUT2D eigenvalue weighted by atomic mass is 16.3. The Balaban J connectivity index is 1.29. The summed E-state index contributed by atoms with van der Waals surface area (Å²) in [6.07, 6.45) is 0. The van der Waals surface area contributed by atoms with Gasteiger partial charge in [0.2, 0.25) is 5.79 Å². The van der Waals surface area contributed by atoms with Crippen molar-refractivity contribution in [1.29, 1.82) is 0 Å². The van der Waals surface area contributed by atoms with Crippen LogP contribution in [0.3, 0.4) is 0 Å². The van der Waals surface area contributed by atoms with Crippen molar-refractivity contribution in [3.05, 3.63) is 169 Å². The smallest absolute Gasteiger partial charge is 0.209 e. The molecular weight excluding hydrogens is 613 g/mol. The van der Waals surface area contributed by atoms with Crippen molar-refractivity contribution in [1.82, 2.24) is 9.13 Å². The topological polar surface area (TPSA) is 47.4 Å². The lowest BCUT2D eigenvalue weighted by Gasteiger charge is -2.36. The van der Waals surface area contributed by atoms with E-state index in [1.165, 1.54) is 10.8 Å². The van der Waals surface area contributed by atoms with Crippen LogP contribution in [0.4, 0.5) is 5.69 Å². The molecule has 236 valence electrons. The molecule has 0 bridgehead atoms. The van der Waals surface area contributed by atoms with Crippen LogP contribution in [0.1, 0.15) is 18.1 Å². The monoisotopic (exact) mass is 642 g/mol. The van der Waals surface area contributed by atoms with Crippen molar-refractivity contribution in [2.75, 3.05) is 5.32 Å². The van der Waals surface area contributed by atoms with Gasteiger partial charge in [-0.15, -0.1) is 0 Å². The first-order valence-corrected chi connectivity index (χ1v) is 17.1. The molecule has 0 saturated carbocycles. The van der Waals surface area contributed by atoms with E-state index in [2.05, 4.69) is 173 Å². The van der Waals surface area contributed by atoms with Gasteiger partial charge in [-0.2, -0.15) is 0 Å². The largest absolute Gasteiger partial charge is 0.455 e. The number of benzene rings is 7. The number of hydrogen-bond acceptors (Lipinski definition) is 3. The second-order valence-electron chi connectivity index (χ2n) is 13.4. The van der Waals surface area contributed by atoms with Crippen LogP contribution in [0.2, 0.25) is 0 Å². The molecule has 5 heteroatoms. The molecule has 1 aliphatic rings. The van der Waals surface area contributed by atoms with Crippen LogP contribution >= 0.6 is 0 Å². The number of aliphatic imine (C=N–C) groups is 1. The lowest BCUT2D eigenvalue weighted by atomic mass is 9.98. The standard InChI is InChI=1S/C45H30N4O/c1-45(46-36-21-11-8-20-33(36)43(47-45)28-14-4-2-5-15-28)49-37-22-12-9-18-30(37)34-26-35-39(27-40(34)49)48(29-16-6-3-7-17-29)38-25-24-32-31-19-10-13-23-41(31)50-44(32)42(35)38/h2-27,46H,1H3. The Labute approximate surface area is 287 Å². The van der Waals surface area contributed by atoms with E-state index in [-0.39, 0.29) is 0 Å². The Bertz CT molecular complexity index is 3020. The van der Waals surface area contributed by atoms with Crippen LogP contribution in [0, 0.1) is 0 Å². The zero-order chi connectivity index (χ0) is 33.0. The first kappa shape index (κ1) is 27.4. The van der Waals surface area contributed by atoms with E-state index in [0.717, 1.165) is 83.0 Å². The summed E-state index contributed by atoms with van der Waals surface area (Å²) in [4.78, 5) is 5.58. The Morgan fingerprint density at radius 2 is 1.28 bits per heavy atom. The van der Waals surface area contributed by atoms with E-state index in [1.807, 2.05) is 6.07 Å². The molecule has 1 atom stereocenters. The summed E-state index contributed by atoms with van der Waals surface area (Å²) >= 11 is 0. The third-order valence-electron chi connectivity index (χ3n) is 10.4. The molecule has 7 aromatic carbocycles. The van der Waals surface area contributed by atoms with Gasteiger partial charge in [0, 0.05) is 49.4 Å². The maximum absolute atomic E-state index is 6.68. The Morgan fingerprint density at radius 3 is 2.14 bits per heavy atom. The maximum Gasteiger partial charge on any atom is 0.209 e. The zero-order valence-electron chi connectivity index (χ0n) is 27.3. The predicted octanol–water partition coefficient (Wildman–Crippen LogP) is 11.4. The second-order valence-corrected chi connectivity index (χ2v) is 13.4. The van der Waals surface area contributed by atoms with Crippen molar-refractivity contribution in [3.8, 4) is 5.69 Å². The minimum absolute atomic E-state index is 0.829. The molecule has 1 N–H and O–H groups in total. The normalized spacial score (nSPS) is 16.1. The van der Waals surface area contributed by atoms with E-state index in [4.69, 9.17) is 9.41 Å². The summed E-state index contributed by atoms with van der Waals surface area (Å²) in [6, 6.07) is 55.8. The number of furan rings is 1. The molecule has 0 radical (unpaired) electrons. The predicted molar refractivity (Wildman–Crippen MR) is 207 cm³/mol. The lowest BCUT2D eigenvalue weighted by molar-refractivity contribution is 0.413. The molecule has 11 rings (SSSR count). The van der Waals surface area contributed by atoms with Gasteiger partial charge in [0.1, 0.15) is 11.2 Å². The molecule has 3 aromatic heterocycles. The summed E-state index contributed by atoms with van der Waals surface area (Å²) in [6.45, 7) is 2.19. The number of anilines is 1. The average molecular weight is 643 g/mol. The third kappa shape index (κ3) is 3.69. The van der Waals surface area contributed by atoms with Gasteiger partial charge in [-0.1, -0.05) is 103 Å². The van der Waals surface area contributed by atoms with E-state index in [9.17, 15) is 0 Å². The van der Waals surface area contributed by atoms with Crippen molar-refractivity contribution < 1.29 is 4.42 Å². The van der Waals surface area contributed by atoms with Crippen LogP contribution in [-0.4, -0.2) is 14.8 Å². The summed E-state index contributed by atoms with van der Waals surface area (Å²) in [5, 5.41) is 10.8. The van der Waals surface area contributed by atoms with Crippen molar-refractivity contribution in [2.45, 2.75) is 12.7 Å². The summed E-state index contributed by atoms with van der Waals surface area (Å²) in [5.41, 5.74) is 11.6. The molecule has 4 heterocycles. The zero-order valence-corrected chi connectivity index (χ0v) is 27.3. The fourth-order valence-corrected chi connectivity index (χ4v) is 8.35. The van der Waals surface area contributed by atoms with Crippen LogP contribution in [0.15, 0.2) is 167 Å². The SMILES string of the molecule is CC1(n2c3ccccc3c3cc4c5c6oc7ccccc7c6ccc5n(-c5ccccc5)c4cc32)N=C(c2ccccc2)c2ccccc2N1. The molecule has 0 saturated heterocycles. The average Bonchev–Trinajstić information content (AvgIpc) is 3.82. The number of hydrogen-bond donors (Lipinski definition) is 1. The Kier molecular flexibility index (Phi) is 5.46. The second kappa shape index (κ2) is 9.97. The number of para-hydroxylation sites is 4. The van der Waals surface area contributed by atoms with Crippen molar-refractivity contribution in [2.24, 2.45) is 4.99 Å². The van der Waals surface area contributed by atoms with Gasteiger partial charge in [-0.05, 0) is 61.5 Å². The molecular formula is C45H30N4O. The number of aromatic nitrogens is 2. The lowest BCUT2D eigenvalue weighted by Crippen LogP contribution is -2.41. The fraction of sp³-hybridized carbons (Fsp3) is 0.0444. The van der Waals surface area contributed by atoms with E-state index in [1.54, 1.807) is 0 Å². The molecule has 0 aliphatic carbocycles.